The van der Waals surface area contributed by atoms with Crippen LogP contribution in [-0.2, 0) is 17.0 Å². The lowest BCUT2D eigenvalue weighted by molar-refractivity contribution is 0.0303. The maximum absolute atomic E-state index is 12.7. The summed E-state index contributed by atoms with van der Waals surface area (Å²) in [5, 5.41) is 0.727. The van der Waals surface area contributed by atoms with E-state index in [0.29, 0.717) is 37.6 Å². The lowest BCUT2D eigenvalue weighted by Crippen LogP contribution is -2.40. The highest BCUT2D eigenvalue weighted by molar-refractivity contribution is 7.98. The minimum absolute atomic E-state index is 0.0625. The molecule has 0 saturated carbocycles. The minimum Gasteiger partial charge on any atom is -0.378 e. The highest BCUT2D eigenvalue weighted by atomic mass is 32.2. The van der Waals surface area contributed by atoms with Crippen molar-refractivity contribution in [3.05, 3.63) is 108 Å². The molecule has 188 valence electrons. The molecule has 37 heavy (non-hydrogen) atoms. The summed E-state index contributed by atoms with van der Waals surface area (Å²) >= 11 is 1.60. The number of ether oxygens (including phenoxy) is 1. The van der Waals surface area contributed by atoms with E-state index in [4.69, 9.17) is 14.7 Å². The molecule has 0 N–H and O–H groups in total. The third kappa shape index (κ3) is 6.56. The molecule has 1 aliphatic heterocycles. The fourth-order valence-corrected chi connectivity index (χ4v) is 5.02. The number of thioether (sulfide) groups is 1. The van der Waals surface area contributed by atoms with Crippen molar-refractivity contribution in [1.29, 1.82) is 0 Å². The Morgan fingerprint density at radius 2 is 1.57 bits per heavy atom. The van der Waals surface area contributed by atoms with Crippen LogP contribution in [0.3, 0.4) is 0 Å². The molecule has 7 heteroatoms. The van der Waals surface area contributed by atoms with Crippen LogP contribution >= 0.6 is 11.8 Å². The summed E-state index contributed by atoms with van der Waals surface area (Å²) in [5.41, 5.74) is 5.02. The third-order valence-corrected chi connectivity index (χ3v) is 7.20. The molecule has 0 spiro atoms. The van der Waals surface area contributed by atoms with Crippen molar-refractivity contribution in [2.75, 3.05) is 38.3 Å². The molecule has 6 nitrogen and oxygen atoms in total. The van der Waals surface area contributed by atoms with E-state index in [9.17, 15) is 4.79 Å². The molecule has 0 aliphatic carbocycles. The maximum Gasteiger partial charge on any atom is 0.254 e. The molecule has 4 aromatic rings. The highest BCUT2D eigenvalue weighted by Crippen LogP contribution is 2.28. The average Bonchev–Trinajstić information content (AvgIpc) is 2.97. The van der Waals surface area contributed by atoms with Crippen molar-refractivity contribution in [2.45, 2.75) is 17.5 Å². The van der Waals surface area contributed by atoms with Gasteiger partial charge in [-0.3, -0.25) is 4.79 Å². The van der Waals surface area contributed by atoms with Crippen molar-refractivity contribution >= 4 is 23.5 Å². The predicted octanol–water partition coefficient (Wildman–Crippen LogP) is 5.54. The number of carbonyl (C=O) groups excluding carboxylic acids is 1. The van der Waals surface area contributed by atoms with Gasteiger partial charge in [0.2, 0.25) is 0 Å². The molecule has 0 unspecified atom stereocenters. The van der Waals surface area contributed by atoms with E-state index >= 15 is 0 Å². The van der Waals surface area contributed by atoms with Gasteiger partial charge in [-0.2, -0.15) is 0 Å². The zero-order chi connectivity index (χ0) is 25.5. The Morgan fingerprint density at radius 1 is 0.892 bits per heavy atom. The lowest BCUT2D eigenvalue weighted by atomic mass is 10.1. The molecule has 1 aliphatic rings. The Labute approximate surface area is 222 Å². The fourth-order valence-electron chi connectivity index (χ4n) is 4.21. The van der Waals surface area contributed by atoms with Crippen LogP contribution in [0.2, 0.25) is 0 Å². The van der Waals surface area contributed by atoms with Crippen LogP contribution in [0.5, 0.6) is 0 Å². The van der Waals surface area contributed by atoms with Gasteiger partial charge in [-0.25, -0.2) is 9.97 Å². The van der Waals surface area contributed by atoms with Gasteiger partial charge in [0.25, 0.3) is 5.91 Å². The summed E-state index contributed by atoms with van der Waals surface area (Å²) in [6.45, 7) is 3.25. The molecule has 0 bridgehead atoms. The second-order valence-electron chi connectivity index (χ2n) is 8.99. The molecule has 1 aromatic heterocycles. The summed E-state index contributed by atoms with van der Waals surface area (Å²) in [6, 6.07) is 30.5. The molecular weight excluding hydrogens is 480 g/mol. The summed E-state index contributed by atoms with van der Waals surface area (Å²) in [5.74, 6) is 1.66. The van der Waals surface area contributed by atoms with Crippen LogP contribution in [0.15, 0.2) is 96.2 Å². The van der Waals surface area contributed by atoms with Crippen LogP contribution in [0, 0.1) is 0 Å². The van der Waals surface area contributed by atoms with Gasteiger partial charge in [0, 0.05) is 49.6 Å². The van der Waals surface area contributed by atoms with Gasteiger partial charge in [-0.1, -0.05) is 84.6 Å². The number of benzene rings is 3. The van der Waals surface area contributed by atoms with Crippen LogP contribution < -0.4 is 4.90 Å². The Kier molecular flexibility index (Phi) is 8.13. The van der Waals surface area contributed by atoms with Crippen LogP contribution in [0.1, 0.15) is 21.5 Å². The number of morpholine rings is 1. The fraction of sp³-hybridized carbons (Fsp3) is 0.233. The van der Waals surface area contributed by atoms with E-state index in [1.165, 1.54) is 5.56 Å². The number of nitrogens with zero attached hydrogens (tertiary/aromatic N) is 4. The number of hydrogen-bond acceptors (Lipinski definition) is 6. The average molecular weight is 511 g/mol. The first-order chi connectivity index (χ1) is 18.2. The molecule has 3 aromatic carbocycles. The van der Waals surface area contributed by atoms with Crippen LogP contribution in [-0.4, -0.2) is 54.1 Å². The second kappa shape index (κ2) is 12.0. The molecule has 0 atom stereocenters. The monoisotopic (exact) mass is 510 g/mol. The van der Waals surface area contributed by atoms with E-state index in [1.807, 2.05) is 59.5 Å². The summed E-state index contributed by atoms with van der Waals surface area (Å²) in [4.78, 5) is 26.5. The Morgan fingerprint density at radius 3 is 2.27 bits per heavy atom. The van der Waals surface area contributed by atoms with Gasteiger partial charge >= 0.3 is 0 Å². The van der Waals surface area contributed by atoms with Gasteiger partial charge in [-0.05, 0) is 23.3 Å². The van der Waals surface area contributed by atoms with Gasteiger partial charge in [0.05, 0.1) is 18.9 Å². The standard InChI is InChI=1S/C30H30N4O2S/c1-33(21-23-8-4-2-5-9-23)28-20-27(25-10-6-3-7-11-25)31-30(32-28)37-22-24-12-14-26(15-13-24)29(35)34-16-18-36-19-17-34/h2-15,20H,16-19,21-22H2,1H3. The molecule has 0 radical (unpaired) electrons. The quantitative estimate of drug-likeness (QED) is 0.229. The van der Waals surface area contributed by atoms with Crippen molar-refractivity contribution in [2.24, 2.45) is 0 Å². The molecular formula is C30H30N4O2S. The van der Waals surface area contributed by atoms with E-state index in [-0.39, 0.29) is 5.91 Å². The van der Waals surface area contributed by atoms with Crippen molar-refractivity contribution in [3.8, 4) is 11.3 Å². The maximum atomic E-state index is 12.7. The molecule has 1 fully saturated rings. The smallest absolute Gasteiger partial charge is 0.254 e. The number of hydrogen-bond donors (Lipinski definition) is 0. The van der Waals surface area contributed by atoms with Gasteiger partial charge < -0.3 is 14.5 Å². The first-order valence-electron chi connectivity index (χ1n) is 12.4. The van der Waals surface area contributed by atoms with Crippen molar-refractivity contribution in [3.63, 3.8) is 0 Å². The van der Waals surface area contributed by atoms with E-state index in [0.717, 1.165) is 34.3 Å². The molecule has 2 heterocycles. The van der Waals surface area contributed by atoms with Gasteiger partial charge in [-0.15, -0.1) is 0 Å². The highest BCUT2D eigenvalue weighted by Gasteiger charge is 2.18. The van der Waals surface area contributed by atoms with Crippen molar-refractivity contribution in [1.82, 2.24) is 14.9 Å². The first-order valence-corrected chi connectivity index (χ1v) is 13.4. The molecule has 1 amide bonds. The summed E-state index contributed by atoms with van der Waals surface area (Å²) < 4.78 is 5.36. The van der Waals surface area contributed by atoms with E-state index in [1.54, 1.807) is 11.8 Å². The molecule has 5 rings (SSSR count). The normalized spacial score (nSPS) is 13.4. The number of anilines is 1. The van der Waals surface area contributed by atoms with Crippen LogP contribution in [0.4, 0.5) is 5.82 Å². The Hall–Kier alpha value is -3.68. The third-order valence-electron chi connectivity index (χ3n) is 6.28. The largest absolute Gasteiger partial charge is 0.378 e. The van der Waals surface area contributed by atoms with Gasteiger partial charge in [0.1, 0.15) is 5.82 Å². The van der Waals surface area contributed by atoms with E-state index < -0.39 is 0 Å². The zero-order valence-electron chi connectivity index (χ0n) is 20.9. The number of amides is 1. The summed E-state index contributed by atoms with van der Waals surface area (Å²) in [6.07, 6.45) is 0. The van der Waals surface area contributed by atoms with Gasteiger partial charge in [0.15, 0.2) is 5.16 Å². The number of carbonyl (C=O) groups is 1. The minimum atomic E-state index is 0.0625. The number of rotatable bonds is 8. The predicted molar refractivity (Wildman–Crippen MR) is 149 cm³/mol. The SMILES string of the molecule is CN(Cc1ccccc1)c1cc(-c2ccccc2)nc(SCc2ccc(C(=O)N3CCOCC3)cc2)n1. The lowest BCUT2D eigenvalue weighted by Gasteiger charge is -2.26. The van der Waals surface area contributed by atoms with Crippen LogP contribution in [0.25, 0.3) is 11.3 Å². The zero-order valence-corrected chi connectivity index (χ0v) is 21.7. The molecule has 1 saturated heterocycles. The van der Waals surface area contributed by atoms with Crippen molar-refractivity contribution < 1.29 is 9.53 Å². The Bertz CT molecular complexity index is 1310. The first kappa shape index (κ1) is 25.0. The Balaban J connectivity index is 1.32. The second-order valence-corrected chi connectivity index (χ2v) is 9.93. The summed E-state index contributed by atoms with van der Waals surface area (Å²) in [7, 11) is 2.06. The topological polar surface area (TPSA) is 58.6 Å². The number of aromatic nitrogens is 2. The van der Waals surface area contributed by atoms with E-state index in [2.05, 4.69) is 48.3 Å².